The molecule has 2 aliphatic heterocycles. The van der Waals surface area contributed by atoms with Crippen LogP contribution >= 0.6 is 24.0 Å². The molecule has 1 fully saturated rings. The molecule has 0 aromatic heterocycles. The van der Waals surface area contributed by atoms with E-state index in [1.54, 1.807) is 18.7 Å². The van der Waals surface area contributed by atoms with Gasteiger partial charge in [-0.25, -0.2) is 0 Å². The number of ether oxygens (including phenoxy) is 1. The van der Waals surface area contributed by atoms with E-state index in [1.807, 2.05) is 24.3 Å². The molecule has 0 atom stereocenters. The molecule has 3 rings (SSSR count). The molecule has 31 heavy (non-hydrogen) atoms. The van der Waals surface area contributed by atoms with Crippen LogP contribution in [0, 0.1) is 0 Å². The number of esters is 1. The van der Waals surface area contributed by atoms with Crippen LogP contribution in [-0.4, -0.2) is 46.2 Å². The fourth-order valence-corrected chi connectivity index (χ4v) is 5.04. The van der Waals surface area contributed by atoms with E-state index < -0.39 is 11.9 Å². The number of hydrogen-bond acceptors (Lipinski definition) is 6. The number of amides is 2. The predicted octanol–water partition coefficient (Wildman–Crippen LogP) is 4.53. The highest BCUT2D eigenvalue weighted by atomic mass is 32.2. The first-order valence-electron chi connectivity index (χ1n) is 10.7. The van der Waals surface area contributed by atoms with Crippen molar-refractivity contribution >= 4 is 57.3 Å². The van der Waals surface area contributed by atoms with Gasteiger partial charge in [-0.05, 0) is 26.3 Å². The van der Waals surface area contributed by atoms with Gasteiger partial charge >= 0.3 is 5.97 Å². The van der Waals surface area contributed by atoms with Gasteiger partial charge in [0.25, 0.3) is 11.8 Å². The van der Waals surface area contributed by atoms with E-state index in [0.717, 1.165) is 42.3 Å². The van der Waals surface area contributed by atoms with Gasteiger partial charge in [-0.15, -0.1) is 0 Å². The van der Waals surface area contributed by atoms with Crippen molar-refractivity contribution in [2.24, 2.45) is 0 Å². The molecule has 0 N–H and O–H groups in total. The predicted molar refractivity (Wildman–Crippen MR) is 128 cm³/mol. The SMILES string of the molecule is CCCCCCCN1C(=O)/C(=C2\SC(=S)N(CC(=O)OC(C)C)C2=O)c2ccccc21. The molecule has 0 unspecified atom stereocenters. The van der Waals surface area contributed by atoms with Crippen molar-refractivity contribution in [2.45, 2.75) is 59.0 Å². The third-order valence-electron chi connectivity index (χ3n) is 5.14. The molecule has 8 heteroatoms. The Morgan fingerprint density at radius 2 is 1.77 bits per heavy atom. The minimum Gasteiger partial charge on any atom is -0.462 e. The fraction of sp³-hybridized carbons (Fsp3) is 0.478. The molecule has 0 spiro atoms. The summed E-state index contributed by atoms with van der Waals surface area (Å²) in [6, 6.07) is 7.52. The summed E-state index contributed by atoms with van der Waals surface area (Å²) in [4.78, 5) is 41.8. The van der Waals surface area contributed by atoms with Gasteiger partial charge < -0.3 is 9.64 Å². The quantitative estimate of drug-likeness (QED) is 0.234. The molecule has 0 bridgehead atoms. The molecule has 6 nitrogen and oxygen atoms in total. The highest BCUT2D eigenvalue weighted by molar-refractivity contribution is 8.26. The second-order valence-corrected chi connectivity index (χ2v) is 9.53. The highest BCUT2D eigenvalue weighted by Gasteiger charge is 2.42. The Kier molecular flexibility index (Phi) is 7.89. The Balaban J connectivity index is 1.84. The largest absolute Gasteiger partial charge is 0.462 e. The molecule has 0 aliphatic carbocycles. The number of nitrogens with zero attached hydrogens (tertiary/aromatic N) is 2. The third-order valence-corrected chi connectivity index (χ3v) is 6.59. The number of unbranched alkanes of at least 4 members (excludes halogenated alkanes) is 4. The lowest BCUT2D eigenvalue weighted by Gasteiger charge is -2.17. The number of rotatable bonds is 9. The Morgan fingerprint density at radius 1 is 1.06 bits per heavy atom. The van der Waals surface area contributed by atoms with Crippen LogP contribution < -0.4 is 4.90 Å². The Morgan fingerprint density at radius 3 is 2.48 bits per heavy atom. The van der Waals surface area contributed by atoms with Crippen LogP contribution in [0.25, 0.3) is 5.57 Å². The van der Waals surface area contributed by atoms with E-state index in [9.17, 15) is 14.4 Å². The Bertz CT molecular complexity index is 926. The van der Waals surface area contributed by atoms with Crippen molar-refractivity contribution in [3.8, 4) is 0 Å². The summed E-state index contributed by atoms with van der Waals surface area (Å²) in [6.45, 7) is 6.02. The average molecular weight is 461 g/mol. The Hall–Kier alpha value is -2.19. The number of fused-ring (bicyclic) bond motifs is 1. The van der Waals surface area contributed by atoms with Crippen LogP contribution in [-0.2, 0) is 19.1 Å². The molecule has 2 aliphatic rings. The van der Waals surface area contributed by atoms with Gasteiger partial charge in [-0.3, -0.25) is 19.3 Å². The number of anilines is 1. The summed E-state index contributed by atoms with van der Waals surface area (Å²) >= 11 is 6.42. The zero-order chi connectivity index (χ0) is 22.5. The van der Waals surface area contributed by atoms with Gasteiger partial charge in [0.1, 0.15) is 10.9 Å². The summed E-state index contributed by atoms with van der Waals surface area (Å²) in [5.41, 5.74) is 1.94. The van der Waals surface area contributed by atoms with Crippen LogP contribution in [0.1, 0.15) is 58.4 Å². The van der Waals surface area contributed by atoms with E-state index in [4.69, 9.17) is 17.0 Å². The van der Waals surface area contributed by atoms with Crippen molar-refractivity contribution in [1.82, 2.24) is 4.90 Å². The van der Waals surface area contributed by atoms with Crippen molar-refractivity contribution in [1.29, 1.82) is 0 Å². The topological polar surface area (TPSA) is 66.9 Å². The first-order chi connectivity index (χ1) is 14.8. The lowest BCUT2D eigenvalue weighted by Crippen LogP contribution is -2.35. The summed E-state index contributed by atoms with van der Waals surface area (Å²) in [7, 11) is 0. The maximum atomic E-state index is 13.3. The lowest BCUT2D eigenvalue weighted by atomic mass is 10.1. The molecule has 1 aromatic carbocycles. The summed E-state index contributed by atoms with van der Waals surface area (Å²) < 4.78 is 5.40. The van der Waals surface area contributed by atoms with E-state index >= 15 is 0 Å². The third kappa shape index (κ3) is 5.18. The summed E-state index contributed by atoms with van der Waals surface area (Å²) in [5.74, 6) is -1.12. The molecule has 2 amide bonds. The highest BCUT2D eigenvalue weighted by Crippen LogP contribution is 2.44. The normalized spacial score (nSPS) is 18.4. The maximum Gasteiger partial charge on any atom is 0.326 e. The zero-order valence-corrected chi connectivity index (χ0v) is 19.8. The standard InChI is InChI=1S/C23H28N2O4S2/c1-4-5-6-7-10-13-24-17-12-9-8-11-16(17)19(21(24)27)20-22(28)25(23(30)31-20)14-18(26)29-15(2)3/h8-9,11-12,15H,4-7,10,13-14H2,1-3H3/b20-19-. The van der Waals surface area contributed by atoms with Crippen molar-refractivity contribution in [3.05, 3.63) is 34.7 Å². The number of para-hydroxylation sites is 1. The minimum absolute atomic E-state index is 0.179. The first kappa shape index (κ1) is 23.5. The first-order valence-corrected chi connectivity index (χ1v) is 12.0. The molecular formula is C23H28N2O4S2. The van der Waals surface area contributed by atoms with E-state index in [1.165, 1.54) is 17.7 Å². The lowest BCUT2D eigenvalue weighted by molar-refractivity contribution is -0.149. The van der Waals surface area contributed by atoms with E-state index in [-0.39, 0.29) is 27.8 Å². The smallest absolute Gasteiger partial charge is 0.326 e. The molecule has 1 aromatic rings. The summed E-state index contributed by atoms with van der Waals surface area (Å²) in [6.07, 6.45) is 5.21. The van der Waals surface area contributed by atoms with Gasteiger partial charge in [0.2, 0.25) is 0 Å². The van der Waals surface area contributed by atoms with Crippen LogP contribution in [0.2, 0.25) is 0 Å². The van der Waals surface area contributed by atoms with Crippen LogP contribution in [0.15, 0.2) is 29.2 Å². The number of carbonyl (C=O) groups is 3. The molecule has 0 saturated carbocycles. The van der Waals surface area contributed by atoms with Gasteiger partial charge in [-0.1, -0.05) is 74.8 Å². The number of benzene rings is 1. The van der Waals surface area contributed by atoms with Crippen LogP contribution in [0.3, 0.4) is 0 Å². The number of carbonyl (C=O) groups excluding carboxylic acids is 3. The number of thiocarbonyl (C=S) groups is 1. The Labute approximate surface area is 193 Å². The monoisotopic (exact) mass is 460 g/mol. The zero-order valence-electron chi connectivity index (χ0n) is 18.2. The van der Waals surface area contributed by atoms with Gasteiger partial charge in [-0.2, -0.15) is 0 Å². The number of hydrogen-bond donors (Lipinski definition) is 0. The minimum atomic E-state index is -0.524. The summed E-state index contributed by atoms with van der Waals surface area (Å²) in [5, 5.41) is 0. The molecule has 1 saturated heterocycles. The molecular weight excluding hydrogens is 432 g/mol. The maximum absolute atomic E-state index is 13.3. The van der Waals surface area contributed by atoms with Crippen LogP contribution in [0.5, 0.6) is 0 Å². The number of thioether (sulfide) groups is 1. The van der Waals surface area contributed by atoms with Gasteiger partial charge in [0, 0.05) is 12.1 Å². The van der Waals surface area contributed by atoms with Gasteiger partial charge in [0.05, 0.1) is 22.3 Å². The van der Waals surface area contributed by atoms with E-state index in [2.05, 4.69) is 6.92 Å². The van der Waals surface area contributed by atoms with Crippen molar-refractivity contribution in [2.75, 3.05) is 18.0 Å². The van der Waals surface area contributed by atoms with E-state index in [0.29, 0.717) is 12.1 Å². The molecule has 2 heterocycles. The van der Waals surface area contributed by atoms with Crippen molar-refractivity contribution < 1.29 is 19.1 Å². The second kappa shape index (κ2) is 10.4. The molecule has 0 radical (unpaired) electrons. The second-order valence-electron chi connectivity index (χ2n) is 7.89. The average Bonchev–Trinajstić information content (AvgIpc) is 3.15. The van der Waals surface area contributed by atoms with Crippen LogP contribution in [0.4, 0.5) is 5.69 Å². The van der Waals surface area contributed by atoms with Crippen molar-refractivity contribution in [3.63, 3.8) is 0 Å². The fourth-order valence-electron chi connectivity index (χ4n) is 3.71. The molecule has 166 valence electrons. The van der Waals surface area contributed by atoms with Gasteiger partial charge in [0.15, 0.2) is 0 Å².